The summed E-state index contributed by atoms with van der Waals surface area (Å²) < 4.78 is 28.9. The number of esters is 5. The highest BCUT2D eigenvalue weighted by atomic mass is 16.6. The molecule has 0 unspecified atom stereocenters. The van der Waals surface area contributed by atoms with Gasteiger partial charge in [0, 0.05) is 63.7 Å². The SMILES string of the molecule is C=C[C@](C)(O)[C@@H](C[C@@H]1[C@@]2(COC(C)=O)CC[C@@H](OC(C)=O)C(C)(C)[C@@H]2[C@H](OC(C)=O)C[C@@]1(C)OC(C)=O)OC(C)=O. The van der Waals surface area contributed by atoms with Crippen molar-refractivity contribution in [3.8, 4) is 0 Å². The quantitative estimate of drug-likeness (QED) is 0.229. The van der Waals surface area contributed by atoms with Gasteiger partial charge < -0.3 is 28.8 Å². The first kappa shape index (κ1) is 34.3. The van der Waals surface area contributed by atoms with Gasteiger partial charge in [-0.3, -0.25) is 24.0 Å². The Labute approximate surface area is 242 Å². The van der Waals surface area contributed by atoms with E-state index in [4.69, 9.17) is 23.7 Å². The van der Waals surface area contributed by atoms with Crippen LogP contribution >= 0.6 is 0 Å². The zero-order valence-electron chi connectivity index (χ0n) is 25.7. The van der Waals surface area contributed by atoms with Gasteiger partial charge in [0.15, 0.2) is 0 Å². The fraction of sp³-hybridized carbons (Fsp3) is 0.767. The van der Waals surface area contributed by atoms with Gasteiger partial charge in [-0.2, -0.15) is 0 Å². The normalized spacial score (nSPS) is 32.6. The van der Waals surface area contributed by atoms with E-state index in [1.165, 1.54) is 47.6 Å². The van der Waals surface area contributed by atoms with Gasteiger partial charge in [0.25, 0.3) is 0 Å². The molecule has 232 valence electrons. The Balaban J connectivity index is 2.91. The van der Waals surface area contributed by atoms with E-state index in [9.17, 15) is 29.1 Å². The fourth-order valence-electron chi connectivity index (χ4n) is 7.49. The summed E-state index contributed by atoms with van der Waals surface area (Å²) in [6.07, 6.45) is -0.520. The van der Waals surface area contributed by atoms with Crippen LogP contribution < -0.4 is 0 Å². The van der Waals surface area contributed by atoms with Crippen LogP contribution in [0.2, 0.25) is 0 Å². The highest BCUT2D eigenvalue weighted by molar-refractivity contribution is 5.68. The van der Waals surface area contributed by atoms with E-state index in [0.717, 1.165) is 0 Å². The average molecular weight is 583 g/mol. The summed E-state index contributed by atoms with van der Waals surface area (Å²) in [7, 11) is 0. The highest BCUT2D eigenvalue weighted by Crippen LogP contribution is 2.65. The largest absolute Gasteiger partial charge is 0.465 e. The van der Waals surface area contributed by atoms with Crippen molar-refractivity contribution >= 4 is 29.8 Å². The van der Waals surface area contributed by atoms with Gasteiger partial charge >= 0.3 is 29.8 Å². The highest BCUT2D eigenvalue weighted by Gasteiger charge is 2.69. The first-order chi connectivity index (χ1) is 18.7. The minimum atomic E-state index is -1.67. The Hall–Kier alpha value is -2.95. The van der Waals surface area contributed by atoms with E-state index in [1.807, 2.05) is 13.8 Å². The van der Waals surface area contributed by atoms with Gasteiger partial charge in [0.05, 0.1) is 6.61 Å². The van der Waals surface area contributed by atoms with Crippen molar-refractivity contribution < 1.29 is 52.8 Å². The smallest absolute Gasteiger partial charge is 0.303 e. The Morgan fingerprint density at radius 1 is 0.951 bits per heavy atom. The van der Waals surface area contributed by atoms with Gasteiger partial charge in [-0.05, 0) is 33.1 Å². The summed E-state index contributed by atoms with van der Waals surface area (Å²) in [6.45, 7) is 16.9. The molecular weight excluding hydrogens is 536 g/mol. The summed E-state index contributed by atoms with van der Waals surface area (Å²) in [4.78, 5) is 61.4. The minimum absolute atomic E-state index is 0.0127. The lowest BCUT2D eigenvalue weighted by Crippen LogP contribution is -2.70. The second-order valence-electron chi connectivity index (χ2n) is 12.5. The topological polar surface area (TPSA) is 152 Å². The molecule has 41 heavy (non-hydrogen) atoms. The molecule has 0 aliphatic heterocycles. The first-order valence-electron chi connectivity index (χ1n) is 13.9. The summed E-state index contributed by atoms with van der Waals surface area (Å²) in [6, 6.07) is 0. The number of aliphatic hydroxyl groups is 1. The Morgan fingerprint density at radius 2 is 1.54 bits per heavy atom. The van der Waals surface area contributed by atoms with E-state index in [1.54, 1.807) is 6.92 Å². The fourth-order valence-corrected chi connectivity index (χ4v) is 7.49. The van der Waals surface area contributed by atoms with E-state index >= 15 is 0 Å². The van der Waals surface area contributed by atoms with Crippen LogP contribution in [0.15, 0.2) is 12.7 Å². The third-order valence-corrected chi connectivity index (χ3v) is 8.90. The van der Waals surface area contributed by atoms with Crippen LogP contribution in [-0.4, -0.2) is 71.1 Å². The Kier molecular flexibility index (Phi) is 10.4. The summed E-state index contributed by atoms with van der Waals surface area (Å²) in [5, 5.41) is 11.2. The lowest BCUT2D eigenvalue weighted by atomic mass is 9.42. The molecule has 8 atom stereocenters. The number of carbonyl (C=O) groups is 5. The molecule has 2 rings (SSSR count). The van der Waals surface area contributed by atoms with Crippen molar-refractivity contribution in [3.05, 3.63) is 12.7 Å². The third-order valence-electron chi connectivity index (χ3n) is 8.90. The van der Waals surface area contributed by atoms with Crippen LogP contribution in [0.3, 0.4) is 0 Å². The zero-order chi connectivity index (χ0) is 31.6. The lowest BCUT2D eigenvalue weighted by Gasteiger charge is -2.65. The molecule has 2 fully saturated rings. The van der Waals surface area contributed by atoms with Gasteiger partial charge in [-0.1, -0.05) is 19.9 Å². The lowest BCUT2D eigenvalue weighted by molar-refractivity contribution is -0.271. The van der Waals surface area contributed by atoms with E-state index in [0.29, 0.717) is 12.8 Å². The predicted octanol–water partition coefficient (Wildman–Crippen LogP) is 3.44. The monoisotopic (exact) mass is 582 g/mol. The standard InChI is InChI=1S/C30H46O11/c1-11-28(9,36)25(40-20(5)34)14-23-29(10,41-21(6)35)15-22(38-18(3)32)26-27(7,8)24(39-19(4)33)12-13-30(23,26)16-37-17(2)31/h11,22-26,36H,1,12-16H2,2-10H3/t22-,23+,24-,25-,26+,28+,29-,30+/m1/s1. The van der Waals surface area contributed by atoms with E-state index < -0.39 is 82.0 Å². The van der Waals surface area contributed by atoms with Crippen molar-refractivity contribution in [2.75, 3.05) is 6.61 Å². The van der Waals surface area contributed by atoms with E-state index in [-0.39, 0.29) is 19.4 Å². The third kappa shape index (κ3) is 7.47. The maximum absolute atomic E-state index is 12.5. The summed E-state index contributed by atoms with van der Waals surface area (Å²) >= 11 is 0. The molecule has 11 heteroatoms. The van der Waals surface area contributed by atoms with Crippen molar-refractivity contribution in [2.45, 2.75) is 118 Å². The van der Waals surface area contributed by atoms with Crippen LogP contribution in [0.25, 0.3) is 0 Å². The van der Waals surface area contributed by atoms with Crippen molar-refractivity contribution in [1.82, 2.24) is 0 Å². The summed E-state index contributed by atoms with van der Waals surface area (Å²) in [5.41, 5.74) is -4.84. The van der Waals surface area contributed by atoms with Crippen LogP contribution in [0.1, 0.15) is 88.0 Å². The van der Waals surface area contributed by atoms with Gasteiger partial charge in [0.1, 0.15) is 29.5 Å². The number of ether oxygens (including phenoxy) is 5. The number of rotatable bonds is 10. The van der Waals surface area contributed by atoms with Crippen molar-refractivity contribution in [1.29, 1.82) is 0 Å². The molecule has 0 aromatic rings. The van der Waals surface area contributed by atoms with Crippen LogP contribution in [0.5, 0.6) is 0 Å². The molecule has 0 radical (unpaired) electrons. The Morgan fingerprint density at radius 3 is 2.00 bits per heavy atom. The van der Waals surface area contributed by atoms with Gasteiger partial charge in [0.2, 0.25) is 0 Å². The predicted molar refractivity (Wildman–Crippen MR) is 146 cm³/mol. The molecular formula is C30H46O11. The number of hydrogen-bond acceptors (Lipinski definition) is 11. The molecule has 0 aromatic carbocycles. The van der Waals surface area contributed by atoms with Crippen LogP contribution in [-0.2, 0) is 47.7 Å². The van der Waals surface area contributed by atoms with Gasteiger partial charge in [-0.25, -0.2) is 0 Å². The molecule has 2 aliphatic rings. The molecule has 11 nitrogen and oxygen atoms in total. The molecule has 0 aromatic heterocycles. The average Bonchev–Trinajstić information content (AvgIpc) is 2.79. The zero-order valence-corrected chi connectivity index (χ0v) is 25.7. The molecule has 0 bridgehead atoms. The molecule has 0 heterocycles. The van der Waals surface area contributed by atoms with Crippen molar-refractivity contribution in [2.24, 2.45) is 22.7 Å². The van der Waals surface area contributed by atoms with Crippen LogP contribution in [0, 0.1) is 22.7 Å². The number of hydrogen-bond donors (Lipinski definition) is 1. The summed E-state index contributed by atoms with van der Waals surface area (Å²) in [5.74, 6) is -4.06. The second kappa shape index (κ2) is 12.5. The Bertz CT molecular complexity index is 1050. The maximum atomic E-state index is 12.5. The van der Waals surface area contributed by atoms with Crippen molar-refractivity contribution in [3.63, 3.8) is 0 Å². The van der Waals surface area contributed by atoms with Gasteiger partial charge in [-0.15, -0.1) is 6.58 Å². The number of fused-ring (bicyclic) bond motifs is 1. The number of carbonyl (C=O) groups excluding carboxylic acids is 5. The molecule has 0 amide bonds. The molecule has 0 saturated heterocycles. The molecule has 2 aliphatic carbocycles. The van der Waals surface area contributed by atoms with Crippen LogP contribution in [0.4, 0.5) is 0 Å². The van der Waals surface area contributed by atoms with E-state index in [2.05, 4.69) is 6.58 Å². The minimum Gasteiger partial charge on any atom is -0.465 e. The molecule has 1 N–H and O–H groups in total. The maximum Gasteiger partial charge on any atom is 0.303 e. The molecule has 0 spiro atoms. The second-order valence-corrected chi connectivity index (χ2v) is 12.5. The molecule has 2 saturated carbocycles. The first-order valence-corrected chi connectivity index (χ1v) is 13.9.